The van der Waals surface area contributed by atoms with E-state index in [9.17, 15) is 4.39 Å². The van der Waals surface area contributed by atoms with Gasteiger partial charge in [-0.3, -0.25) is 9.80 Å². The highest BCUT2D eigenvalue weighted by atomic mass is 19.1. The average Bonchev–Trinajstić information content (AvgIpc) is 2.97. The zero-order valence-corrected chi connectivity index (χ0v) is 12.7. The van der Waals surface area contributed by atoms with Crippen LogP contribution in [0.15, 0.2) is 24.3 Å². The Balaban J connectivity index is 1.52. The van der Waals surface area contributed by atoms with Crippen molar-refractivity contribution in [2.75, 3.05) is 32.7 Å². The Labute approximate surface area is 126 Å². The van der Waals surface area contributed by atoms with Crippen LogP contribution < -0.4 is 5.73 Å². The van der Waals surface area contributed by atoms with E-state index >= 15 is 0 Å². The van der Waals surface area contributed by atoms with Gasteiger partial charge >= 0.3 is 0 Å². The third-order valence-corrected chi connectivity index (χ3v) is 4.89. The van der Waals surface area contributed by atoms with E-state index in [2.05, 4.69) is 9.80 Å². The number of rotatable bonds is 4. The average molecular weight is 291 g/mol. The molecule has 21 heavy (non-hydrogen) atoms. The molecule has 4 heteroatoms. The predicted octanol–water partition coefficient (Wildman–Crippen LogP) is 2.39. The summed E-state index contributed by atoms with van der Waals surface area (Å²) in [7, 11) is 0. The number of hydrogen-bond acceptors (Lipinski definition) is 3. The fourth-order valence-corrected chi connectivity index (χ4v) is 3.68. The Hall–Kier alpha value is -0.970. The zero-order valence-electron chi connectivity index (χ0n) is 12.7. The van der Waals surface area contributed by atoms with Crippen molar-refractivity contribution >= 4 is 0 Å². The lowest BCUT2D eigenvalue weighted by molar-refractivity contribution is 0.161. The highest BCUT2D eigenvalue weighted by Crippen LogP contribution is 2.22. The van der Waals surface area contributed by atoms with E-state index in [1.165, 1.54) is 44.8 Å². The first-order valence-electron chi connectivity index (χ1n) is 8.20. The van der Waals surface area contributed by atoms with Crippen LogP contribution in [-0.2, 0) is 0 Å². The fraction of sp³-hybridized carbons (Fsp3) is 0.647. The minimum atomic E-state index is -0.199. The minimum absolute atomic E-state index is 0.0965. The molecule has 0 radical (unpaired) electrons. The third-order valence-electron chi connectivity index (χ3n) is 4.89. The van der Waals surface area contributed by atoms with Crippen LogP contribution in [0, 0.1) is 5.82 Å². The summed E-state index contributed by atoms with van der Waals surface area (Å²) >= 11 is 0. The second-order valence-corrected chi connectivity index (χ2v) is 6.46. The molecule has 0 spiro atoms. The minimum Gasteiger partial charge on any atom is -0.323 e. The third kappa shape index (κ3) is 3.82. The molecule has 0 amide bonds. The number of benzene rings is 1. The highest BCUT2D eigenvalue weighted by Gasteiger charge is 2.29. The molecule has 0 saturated carbocycles. The molecular formula is C17H26FN3. The second-order valence-electron chi connectivity index (χ2n) is 6.46. The van der Waals surface area contributed by atoms with Gasteiger partial charge in [0.15, 0.2) is 0 Å². The van der Waals surface area contributed by atoms with Gasteiger partial charge < -0.3 is 5.73 Å². The number of nitrogens with two attached hydrogens (primary N) is 1. The maximum atomic E-state index is 13.3. The summed E-state index contributed by atoms with van der Waals surface area (Å²) in [6, 6.07) is 7.30. The number of nitrogens with zero attached hydrogens (tertiary/aromatic N) is 2. The second kappa shape index (κ2) is 6.86. The van der Waals surface area contributed by atoms with Crippen molar-refractivity contribution in [1.82, 2.24) is 9.80 Å². The lowest BCUT2D eigenvalue weighted by atomic mass is 10.1. The van der Waals surface area contributed by atoms with Crippen LogP contribution in [0.4, 0.5) is 4.39 Å². The lowest BCUT2D eigenvalue weighted by Gasteiger charge is -2.32. The van der Waals surface area contributed by atoms with Crippen LogP contribution in [-0.4, -0.2) is 48.6 Å². The van der Waals surface area contributed by atoms with Crippen LogP contribution in [0.1, 0.15) is 37.3 Å². The van der Waals surface area contributed by atoms with E-state index in [0.717, 1.165) is 25.2 Å². The predicted molar refractivity (Wildman–Crippen MR) is 83.6 cm³/mol. The standard InChI is InChI=1S/C17H26FN3/c18-15-6-4-5-14(11-15)17(19)13-20-10-7-16(12-20)21-8-2-1-3-9-21/h4-6,11,16-17H,1-3,7-10,12-13,19H2. The molecule has 2 N–H and O–H groups in total. The van der Waals surface area contributed by atoms with E-state index in [1.54, 1.807) is 12.1 Å². The van der Waals surface area contributed by atoms with Gasteiger partial charge in [-0.05, 0) is 56.6 Å². The van der Waals surface area contributed by atoms with Gasteiger partial charge in [-0.15, -0.1) is 0 Å². The van der Waals surface area contributed by atoms with Gasteiger partial charge in [0, 0.05) is 25.2 Å². The van der Waals surface area contributed by atoms with Crippen molar-refractivity contribution in [2.24, 2.45) is 5.73 Å². The Kier molecular flexibility index (Phi) is 4.88. The molecule has 3 nitrogen and oxygen atoms in total. The maximum absolute atomic E-state index is 13.3. The van der Waals surface area contributed by atoms with Gasteiger partial charge in [0.2, 0.25) is 0 Å². The lowest BCUT2D eigenvalue weighted by Crippen LogP contribution is -2.41. The van der Waals surface area contributed by atoms with Crippen LogP contribution in [0.25, 0.3) is 0 Å². The van der Waals surface area contributed by atoms with Crippen molar-refractivity contribution in [2.45, 2.75) is 37.8 Å². The van der Waals surface area contributed by atoms with Crippen molar-refractivity contribution < 1.29 is 4.39 Å². The van der Waals surface area contributed by atoms with Crippen LogP contribution in [0.3, 0.4) is 0 Å². The quantitative estimate of drug-likeness (QED) is 0.924. The Bertz CT molecular complexity index is 459. The van der Waals surface area contributed by atoms with Crippen molar-refractivity contribution in [3.8, 4) is 0 Å². The van der Waals surface area contributed by atoms with Crippen molar-refractivity contribution in [1.29, 1.82) is 0 Å². The van der Waals surface area contributed by atoms with Gasteiger partial charge in [-0.2, -0.15) is 0 Å². The summed E-state index contributed by atoms with van der Waals surface area (Å²) in [5, 5.41) is 0. The molecule has 2 atom stereocenters. The normalized spacial score (nSPS) is 26.1. The Morgan fingerprint density at radius 2 is 2.00 bits per heavy atom. The Morgan fingerprint density at radius 3 is 2.76 bits per heavy atom. The van der Waals surface area contributed by atoms with Crippen LogP contribution in [0.5, 0.6) is 0 Å². The molecule has 2 aliphatic rings. The molecule has 0 aliphatic carbocycles. The summed E-state index contributed by atoms with van der Waals surface area (Å²) in [5.74, 6) is -0.199. The van der Waals surface area contributed by atoms with Crippen molar-refractivity contribution in [3.63, 3.8) is 0 Å². The molecule has 3 rings (SSSR count). The number of hydrogen-bond donors (Lipinski definition) is 1. The van der Waals surface area contributed by atoms with Gasteiger partial charge in [0.05, 0.1) is 0 Å². The molecule has 2 unspecified atom stereocenters. The van der Waals surface area contributed by atoms with E-state index in [-0.39, 0.29) is 11.9 Å². The molecular weight excluding hydrogens is 265 g/mol. The molecule has 1 aromatic carbocycles. The van der Waals surface area contributed by atoms with Crippen LogP contribution in [0.2, 0.25) is 0 Å². The summed E-state index contributed by atoms with van der Waals surface area (Å²) in [6.45, 7) is 5.57. The van der Waals surface area contributed by atoms with E-state index in [0.29, 0.717) is 6.04 Å². The van der Waals surface area contributed by atoms with Gasteiger partial charge in [0.1, 0.15) is 5.82 Å². The molecule has 1 aromatic rings. The summed E-state index contributed by atoms with van der Waals surface area (Å²) in [6.07, 6.45) is 5.33. The monoisotopic (exact) mass is 291 g/mol. The first-order valence-corrected chi connectivity index (χ1v) is 8.20. The number of halogens is 1. The first-order chi connectivity index (χ1) is 10.2. The highest BCUT2D eigenvalue weighted by molar-refractivity contribution is 5.20. The molecule has 116 valence electrons. The molecule has 2 fully saturated rings. The summed E-state index contributed by atoms with van der Waals surface area (Å²) in [5.41, 5.74) is 7.15. The number of piperidine rings is 1. The van der Waals surface area contributed by atoms with Gasteiger partial charge in [-0.1, -0.05) is 18.6 Å². The molecule has 2 saturated heterocycles. The SMILES string of the molecule is NC(CN1CCC(N2CCCCC2)C1)c1cccc(F)c1. The van der Waals surface area contributed by atoms with E-state index in [1.807, 2.05) is 6.07 Å². The Morgan fingerprint density at radius 1 is 1.19 bits per heavy atom. The molecule has 0 bridgehead atoms. The zero-order chi connectivity index (χ0) is 14.7. The molecule has 2 heterocycles. The number of likely N-dealkylation sites (tertiary alicyclic amines) is 2. The van der Waals surface area contributed by atoms with Crippen molar-refractivity contribution in [3.05, 3.63) is 35.6 Å². The molecule has 2 aliphatic heterocycles. The van der Waals surface area contributed by atoms with Crippen LogP contribution >= 0.6 is 0 Å². The topological polar surface area (TPSA) is 32.5 Å². The smallest absolute Gasteiger partial charge is 0.123 e. The maximum Gasteiger partial charge on any atom is 0.123 e. The van der Waals surface area contributed by atoms with E-state index < -0.39 is 0 Å². The molecule has 0 aromatic heterocycles. The fourth-order valence-electron chi connectivity index (χ4n) is 3.68. The van der Waals surface area contributed by atoms with Gasteiger partial charge in [-0.25, -0.2) is 4.39 Å². The summed E-state index contributed by atoms with van der Waals surface area (Å²) in [4.78, 5) is 5.09. The first kappa shape index (κ1) is 14.9. The summed E-state index contributed by atoms with van der Waals surface area (Å²) < 4.78 is 13.3. The largest absolute Gasteiger partial charge is 0.323 e. The van der Waals surface area contributed by atoms with Gasteiger partial charge in [0.25, 0.3) is 0 Å². The van der Waals surface area contributed by atoms with E-state index in [4.69, 9.17) is 5.73 Å².